The normalized spacial score (nSPS) is 23.9. The zero-order valence-electron chi connectivity index (χ0n) is 12.4. The molecule has 1 saturated carbocycles. The number of aliphatic carboxylic acids is 1. The summed E-state index contributed by atoms with van der Waals surface area (Å²) >= 11 is 0. The number of carbonyl (C=O) groups excluding carboxylic acids is 1. The molecule has 3 unspecified atom stereocenters. The number of methoxy groups -OCH3 is 1. The van der Waals surface area contributed by atoms with Gasteiger partial charge in [-0.2, -0.15) is 0 Å². The SMILES string of the molecule is COCCC(NC(=O)NCC1CCCCC1C)C(=O)O. The second-order valence-electron chi connectivity index (χ2n) is 5.55. The van der Waals surface area contributed by atoms with Crippen LogP contribution in [0.25, 0.3) is 0 Å². The van der Waals surface area contributed by atoms with Gasteiger partial charge >= 0.3 is 12.0 Å². The first-order chi connectivity index (χ1) is 9.54. The van der Waals surface area contributed by atoms with Crippen molar-refractivity contribution in [1.82, 2.24) is 10.6 Å². The number of nitrogens with one attached hydrogen (secondary N) is 2. The van der Waals surface area contributed by atoms with Gasteiger partial charge in [0, 0.05) is 26.7 Å². The molecule has 6 nitrogen and oxygen atoms in total. The van der Waals surface area contributed by atoms with Crippen LogP contribution in [0.1, 0.15) is 39.0 Å². The van der Waals surface area contributed by atoms with E-state index in [1.54, 1.807) is 0 Å². The van der Waals surface area contributed by atoms with E-state index in [4.69, 9.17) is 9.84 Å². The molecule has 0 aromatic rings. The van der Waals surface area contributed by atoms with E-state index in [2.05, 4.69) is 17.6 Å². The van der Waals surface area contributed by atoms with Crippen LogP contribution in [0, 0.1) is 11.8 Å². The van der Waals surface area contributed by atoms with E-state index in [1.807, 2.05) is 0 Å². The van der Waals surface area contributed by atoms with Crippen LogP contribution in [0.15, 0.2) is 0 Å². The molecule has 0 bridgehead atoms. The maximum Gasteiger partial charge on any atom is 0.326 e. The van der Waals surface area contributed by atoms with E-state index in [-0.39, 0.29) is 6.42 Å². The Morgan fingerprint density at radius 2 is 2.05 bits per heavy atom. The molecular weight excluding hydrogens is 260 g/mol. The minimum absolute atomic E-state index is 0.263. The van der Waals surface area contributed by atoms with Gasteiger partial charge in [-0.25, -0.2) is 9.59 Å². The van der Waals surface area contributed by atoms with Crippen molar-refractivity contribution in [3.05, 3.63) is 0 Å². The standard InChI is InChI=1S/C14H26N2O4/c1-10-5-3-4-6-11(10)9-15-14(19)16-12(13(17)18)7-8-20-2/h10-12H,3-9H2,1-2H3,(H,17,18)(H2,15,16,19). The Balaban J connectivity index is 2.31. The highest BCUT2D eigenvalue weighted by atomic mass is 16.5. The molecule has 6 heteroatoms. The van der Waals surface area contributed by atoms with Gasteiger partial charge in [0.1, 0.15) is 6.04 Å². The fraction of sp³-hybridized carbons (Fsp3) is 0.857. The predicted molar refractivity (Wildman–Crippen MR) is 75.6 cm³/mol. The lowest BCUT2D eigenvalue weighted by atomic mass is 9.80. The summed E-state index contributed by atoms with van der Waals surface area (Å²) in [6.45, 7) is 3.13. The van der Waals surface area contributed by atoms with Crippen LogP contribution in [-0.2, 0) is 9.53 Å². The van der Waals surface area contributed by atoms with Crippen molar-refractivity contribution in [2.24, 2.45) is 11.8 Å². The summed E-state index contributed by atoms with van der Waals surface area (Å²) in [5.41, 5.74) is 0. The highest BCUT2D eigenvalue weighted by Crippen LogP contribution is 2.28. The van der Waals surface area contributed by atoms with Crippen LogP contribution < -0.4 is 10.6 Å². The van der Waals surface area contributed by atoms with Crippen LogP contribution >= 0.6 is 0 Å². The van der Waals surface area contributed by atoms with Crippen molar-refractivity contribution < 1.29 is 19.4 Å². The second kappa shape index (κ2) is 8.79. The van der Waals surface area contributed by atoms with Gasteiger partial charge in [-0.3, -0.25) is 0 Å². The third-order valence-electron chi connectivity index (χ3n) is 4.03. The molecule has 3 N–H and O–H groups in total. The number of rotatable bonds is 7. The lowest BCUT2D eigenvalue weighted by Gasteiger charge is -2.29. The van der Waals surface area contributed by atoms with E-state index in [0.29, 0.717) is 25.0 Å². The van der Waals surface area contributed by atoms with Crippen molar-refractivity contribution in [2.75, 3.05) is 20.3 Å². The maximum absolute atomic E-state index is 11.7. The van der Waals surface area contributed by atoms with Gasteiger partial charge < -0.3 is 20.5 Å². The van der Waals surface area contributed by atoms with Crippen molar-refractivity contribution in [3.63, 3.8) is 0 Å². The molecule has 3 atom stereocenters. The second-order valence-corrected chi connectivity index (χ2v) is 5.55. The van der Waals surface area contributed by atoms with Crippen LogP contribution in [0.5, 0.6) is 0 Å². The van der Waals surface area contributed by atoms with E-state index in [1.165, 1.54) is 26.4 Å². The van der Waals surface area contributed by atoms with Crippen LogP contribution in [0.4, 0.5) is 4.79 Å². The first kappa shape index (κ1) is 16.8. The Morgan fingerprint density at radius 3 is 2.65 bits per heavy atom. The number of carboxylic acid groups (broad SMARTS) is 1. The molecule has 0 aromatic heterocycles. The zero-order chi connectivity index (χ0) is 15.0. The Bertz CT molecular complexity index is 322. The molecule has 0 aromatic carbocycles. The van der Waals surface area contributed by atoms with Crippen molar-refractivity contribution in [1.29, 1.82) is 0 Å². The molecule has 0 saturated heterocycles. The van der Waals surface area contributed by atoms with Gasteiger partial charge in [-0.05, 0) is 18.3 Å². The fourth-order valence-electron chi connectivity index (χ4n) is 2.62. The average Bonchev–Trinajstić information content (AvgIpc) is 2.42. The van der Waals surface area contributed by atoms with Gasteiger partial charge in [0.15, 0.2) is 0 Å². The third-order valence-corrected chi connectivity index (χ3v) is 4.03. The van der Waals surface area contributed by atoms with Crippen LogP contribution in [-0.4, -0.2) is 43.4 Å². The molecule has 1 fully saturated rings. The van der Waals surface area contributed by atoms with E-state index in [9.17, 15) is 9.59 Å². The lowest BCUT2D eigenvalue weighted by molar-refractivity contribution is -0.139. The number of urea groups is 1. The largest absolute Gasteiger partial charge is 0.480 e. The summed E-state index contributed by atoms with van der Waals surface area (Å²) in [6.07, 6.45) is 5.08. The first-order valence-corrected chi connectivity index (χ1v) is 7.30. The Hall–Kier alpha value is -1.30. The monoisotopic (exact) mass is 286 g/mol. The van der Waals surface area contributed by atoms with Gasteiger partial charge in [0.2, 0.25) is 0 Å². The Kier molecular flexibility index (Phi) is 7.36. The number of hydrogen-bond donors (Lipinski definition) is 3. The fourth-order valence-corrected chi connectivity index (χ4v) is 2.62. The summed E-state index contributed by atoms with van der Waals surface area (Å²) in [6, 6.07) is -1.31. The van der Waals surface area contributed by atoms with E-state index >= 15 is 0 Å². The molecular formula is C14H26N2O4. The molecule has 0 radical (unpaired) electrons. The van der Waals surface area contributed by atoms with E-state index < -0.39 is 18.0 Å². The average molecular weight is 286 g/mol. The summed E-state index contributed by atoms with van der Waals surface area (Å²) in [7, 11) is 1.50. The zero-order valence-corrected chi connectivity index (χ0v) is 12.4. The lowest BCUT2D eigenvalue weighted by Crippen LogP contribution is -2.48. The van der Waals surface area contributed by atoms with Gasteiger partial charge in [0.25, 0.3) is 0 Å². The molecule has 20 heavy (non-hydrogen) atoms. The summed E-state index contributed by atoms with van der Waals surface area (Å²) in [5, 5.41) is 14.3. The minimum Gasteiger partial charge on any atom is -0.480 e. The maximum atomic E-state index is 11.7. The third kappa shape index (κ3) is 5.77. The summed E-state index contributed by atoms with van der Waals surface area (Å²) < 4.78 is 4.84. The molecule has 0 heterocycles. The molecule has 1 rings (SSSR count). The van der Waals surface area contributed by atoms with Crippen LogP contribution in [0.3, 0.4) is 0 Å². The van der Waals surface area contributed by atoms with Crippen molar-refractivity contribution >= 4 is 12.0 Å². The molecule has 1 aliphatic rings. The van der Waals surface area contributed by atoms with Gasteiger partial charge in [-0.1, -0.05) is 26.2 Å². The highest BCUT2D eigenvalue weighted by Gasteiger charge is 2.23. The summed E-state index contributed by atoms with van der Waals surface area (Å²) in [4.78, 5) is 22.7. The van der Waals surface area contributed by atoms with E-state index in [0.717, 1.165) is 6.42 Å². The smallest absolute Gasteiger partial charge is 0.326 e. The highest BCUT2D eigenvalue weighted by molar-refractivity contribution is 5.82. The number of amides is 2. The minimum atomic E-state index is -1.04. The molecule has 0 spiro atoms. The molecule has 0 aliphatic heterocycles. The van der Waals surface area contributed by atoms with Crippen molar-refractivity contribution in [3.8, 4) is 0 Å². The molecule has 2 amide bonds. The summed E-state index contributed by atoms with van der Waals surface area (Å²) in [5.74, 6) is 0.0767. The molecule has 116 valence electrons. The number of hydrogen-bond acceptors (Lipinski definition) is 3. The predicted octanol–water partition coefficient (Wildman–Crippen LogP) is 1.60. The number of ether oxygens (including phenoxy) is 1. The molecule has 1 aliphatic carbocycles. The Labute approximate surface area is 120 Å². The number of carbonyl (C=O) groups is 2. The Morgan fingerprint density at radius 1 is 1.35 bits per heavy atom. The quantitative estimate of drug-likeness (QED) is 0.663. The van der Waals surface area contributed by atoms with Gasteiger partial charge in [0.05, 0.1) is 0 Å². The first-order valence-electron chi connectivity index (χ1n) is 7.30. The van der Waals surface area contributed by atoms with Gasteiger partial charge in [-0.15, -0.1) is 0 Å². The van der Waals surface area contributed by atoms with Crippen LogP contribution in [0.2, 0.25) is 0 Å². The van der Waals surface area contributed by atoms with Crippen molar-refractivity contribution in [2.45, 2.75) is 45.1 Å². The number of carboxylic acids is 1. The topological polar surface area (TPSA) is 87.7 Å².